The summed E-state index contributed by atoms with van der Waals surface area (Å²) in [5.74, 6) is -0.279. The quantitative estimate of drug-likeness (QED) is 0.104. The van der Waals surface area contributed by atoms with E-state index < -0.39 is 10.1 Å². The number of aromatic nitrogens is 2. The first kappa shape index (κ1) is 28.9. The number of carbonyl (C=O) groups excluding carboxylic acids is 1. The summed E-state index contributed by atoms with van der Waals surface area (Å²) < 4.78 is 35.4. The molecule has 5 aromatic rings. The molecule has 2 aromatic heterocycles. The van der Waals surface area contributed by atoms with Gasteiger partial charge in [-0.05, 0) is 66.6 Å². The molecule has 0 saturated heterocycles. The number of anilines is 1. The molecule has 0 bridgehead atoms. The van der Waals surface area contributed by atoms with Crippen LogP contribution in [0.3, 0.4) is 0 Å². The third kappa shape index (κ3) is 7.98. The number of imidazole rings is 1. The molecule has 0 radical (unpaired) electrons. The van der Waals surface area contributed by atoms with E-state index in [-0.39, 0.29) is 10.8 Å². The van der Waals surface area contributed by atoms with Crippen LogP contribution >= 0.6 is 0 Å². The molecule has 3 N–H and O–H groups in total. The van der Waals surface area contributed by atoms with Crippen molar-refractivity contribution >= 4 is 45.7 Å². The molecule has 5 rings (SSSR count). The number of rotatable bonds is 6. The van der Waals surface area contributed by atoms with E-state index in [1.54, 1.807) is 42.6 Å². The number of nitrogens with zero attached hydrogens (tertiary/aromatic N) is 3. The number of amides is 1. The Kier molecular flexibility index (Phi) is 9.08. The molecule has 41 heavy (non-hydrogen) atoms. The average molecular weight is 568 g/mol. The van der Waals surface area contributed by atoms with E-state index in [4.69, 9.17) is 5.73 Å². The topological polar surface area (TPSA) is 134 Å². The first-order valence-corrected chi connectivity index (χ1v) is 14.0. The molecule has 0 unspecified atom stereocenters. The maximum absolute atomic E-state index is 12.0. The molecule has 9 nitrogen and oxygen atoms in total. The highest BCUT2D eigenvalue weighted by Gasteiger charge is 2.10. The van der Waals surface area contributed by atoms with Gasteiger partial charge in [-0.1, -0.05) is 54.1 Å². The minimum absolute atomic E-state index is 0.178. The monoisotopic (exact) mass is 567 g/mol. The number of nitrogens with one attached hydrogen (secondary N) is 1. The van der Waals surface area contributed by atoms with Crippen LogP contribution < -0.4 is 15.6 Å². The Labute approximate surface area is 238 Å². The highest BCUT2D eigenvalue weighted by Crippen LogP contribution is 2.11. The number of nitrogen functional groups attached to an aromatic ring is 1. The van der Waals surface area contributed by atoms with E-state index in [2.05, 4.69) is 43.9 Å². The number of aryl methyl sites for hydroxylation is 2. The van der Waals surface area contributed by atoms with E-state index in [0.29, 0.717) is 11.3 Å². The van der Waals surface area contributed by atoms with Gasteiger partial charge in [0.15, 0.2) is 5.69 Å². The van der Waals surface area contributed by atoms with Crippen molar-refractivity contribution in [2.75, 3.05) is 5.73 Å². The van der Waals surface area contributed by atoms with Gasteiger partial charge in [0.1, 0.15) is 16.3 Å². The lowest BCUT2D eigenvalue weighted by molar-refractivity contribution is -0.510. The van der Waals surface area contributed by atoms with Crippen molar-refractivity contribution in [1.29, 1.82) is 0 Å². The Morgan fingerprint density at radius 1 is 0.927 bits per heavy atom. The van der Waals surface area contributed by atoms with Crippen molar-refractivity contribution in [2.45, 2.75) is 11.8 Å². The second-order valence-corrected chi connectivity index (χ2v) is 10.5. The zero-order valence-corrected chi connectivity index (χ0v) is 23.3. The molecule has 0 aliphatic heterocycles. The Hall–Kier alpha value is -5.06. The van der Waals surface area contributed by atoms with E-state index in [1.807, 2.05) is 56.6 Å². The molecule has 0 fully saturated rings. The summed E-state index contributed by atoms with van der Waals surface area (Å²) in [6.07, 6.45) is 9.90. The van der Waals surface area contributed by atoms with Gasteiger partial charge in [-0.25, -0.2) is 22.8 Å². The van der Waals surface area contributed by atoms with Gasteiger partial charge in [0.25, 0.3) is 11.6 Å². The molecule has 208 valence electrons. The number of hydrogen-bond acceptors (Lipinski definition) is 6. The molecule has 0 aliphatic rings. The van der Waals surface area contributed by atoms with Crippen LogP contribution in [0.25, 0.3) is 17.8 Å². The van der Waals surface area contributed by atoms with E-state index in [0.717, 1.165) is 28.0 Å². The van der Waals surface area contributed by atoms with Gasteiger partial charge in [-0.15, -0.1) is 0 Å². The summed E-state index contributed by atoms with van der Waals surface area (Å²) >= 11 is 0. The van der Waals surface area contributed by atoms with Crippen LogP contribution in [-0.2, 0) is 17.2 Å². The van der Waals surface area contributed by atoms with Gasteiger partial charge in [0.2, 0.25) is 0 Å². The van der Waals surface area contributed by atoms with E-state index >= 15 is 0 Å². The number of nitrogens with two attached hydrogens (primary N) is 1. The minimum atomic E-state index is -4.27. The number of hydrogen-bond donors (Lipinski definition) is 2. The molecule has 10 heteroatoms. The van der Waals surface area contributed by atoms with Gasteiger partial charge in [-0.3, -0.25) is 4.79 Å². The van der Waals surface area contributed by atoms with Gasteiger partial charge >= 0.3 is 0 Å². The van der Waals surface area contributed by atoms with Crippen LogP contribution in [0.15, 0.2) is 113 Å². The second kappa shape index (κ2) is 12.9. The number of benzene rings is 3. The predicted octanol–water partition coefficient (Wildman–Crippen LogP) is 4.18. The summed E-state index contributed by atoms with van der Waals surface area (Å²) in [6, 6.07) is 26.5. The zero-order chi connectivity index (χ0) is 29.4. The summed E-state index contributed by atoms with van der Waals surface area (Å²) in [7, 11) is -2.22. The van der Waals surface area contributed by atoms with Crippen molar-refractivity contribution < 1.29 is 22.2 Å². The molecule has 3 aromatic carbocycles. The maximum atomic E-state index is 12.0. The fraction of sp³-hybridized carbons (Fsp3) is 0.0645. The highest BCUT2D eigenvalue weighted by atomic mass is 32.2. The molecule has 2 heterocycles. The van der Waals surface area contributed by atoms with Crippen LogP contribution in [0.5, 0.6) is 0 Å². The lowest BCUT2D eigenvalue weighted by Gasteiger charge is -2.05. The Morgan fingerprint density at radius 3 is 2.22 bits per heavy atom. The standard InChI is InChI=1S/C24H21N5O.C7H8O3S/c1-28-22(17-29-15-3-2-4-23(28)29)14-9-18-5-7-19(8-6-18)16-26-27-24(30)20-10-12-21(25)13-11-20;1-6-2-4-7(5-3-6)11(8,9)10/h2-17H,1H3,(H2-,25,27,30);2-5H,1H3,(H,8,9,10)/b14-9+,26-16+;. The molecular formula is C31H29N5O4S. The van der Waals surface area contributed by atoms with Crippen LogP contribution in [-0.4, -0.2) is 29.7 Å². The van der Waals surface area contributed by atoms with Crippen molar-refractivity contribution in [2.24, 2.45) is 12.1 Å². The lowest BCUT2D eigenvalue weighted by Crippen LogP contribution is -2.17. The Morgan fingerprint density at radius 2 is 1.59 bits per heavy atom. The zero-order valence-electron chi connectivity index (χ0n) is 22.5. The van der Waals surface area contributed by atoms with Crippen LogP contribution in [0.2, 0.25) is 0 Å². The van der Waals surface area contributed by atoms with Crippen molar-refractivity contribution in [3.05, 3.63) is 131 Å². The number of hydrazone groups is 1. The maximum Gasteiger partial charge on any atom is 0.286 e. The number of pyridine rings is 1. The smallest absolute Gasteiger partial charge is 0.286 e. The predicted molar refractivity (Wildman–Crippen MR) is 159 cm³/mol. The third-order valence-electron chi connectivity index (χ3n) is 6.12. The first-order valence-electron chi connectivity index (χ1n) is 12.6. The van der Waals surface area contributed by atoms with Crippen LogP contribution in [0, 0.1) is 6.92 Å². The molecule has 1 amide bonds. The number of carbonyl (C=O) groups is 1. The molecule has 0 spiro atoms. The summed E-state index contributed by atoms with van der Waals surface area (Å²) in [5, 5.41) is 4.02. The first-order chi connectivity index (χ1) is 19.6. The largest absolute Gasteiger partial charge is 0.744 e. The van der Waals surface area contributed by atoms with Crippen LogP contribution in [0.4, 0.5) is 5.69 Å². The van der Waals surface area contributed by atoms with Crippen molar-refractivity contribution in [3.8, 4) is 0 Å². The summed E-state index contributed by atoms with van der Waals surface area (Å²) in [5.41, 5.74) is 14.4. The molecule has 0 atom stereocenters. The molecule has 0 saturated carbocycles. The van der Waals surface area contributed by atoms with Crippen molar-refractivity contribution in [1.82, 2.24) is 9.99 Å². The normalized spacial score (nSPS) is 11.5. The Bertz CT molecular complexity index is 1810. The Balaban J connectivity index is 0.000000296. The molecular weight excluding hydrogens is 538 g/mol. The fourth-order valence-electron chi connectivity index (χ4n) is 3.80. The third-order valence-corrected chi connectivity index (χ3v) is 6.96. The summed E-state index contributed by atoms with van der Waals surface area (Å²) in [6.45, 7) is 1.82. The average Bonchev–Trinajstić information content (AvgIpc) is 3.28. The van der Waals surface area contributed by atoms with Gasteiger partial charge < -0.3 is 10.3 Å². The highest BCUT2D eigenvalue weighted by molar-refractivity contribution is 7.85. The second-order valence-electron chi connectivity index (χ2n) is 9.17. The van der Waals surface area contributed by atoms with Gasteiger partial charge in [-0.2, -0.15) is 5.10 Å². The lowest BCUT2D eigenvalue weighted by atomic mass is 10.1. The van der Waals surface area contributed by atoms with Gasteiger partial charge in [0.05, 0.1) is 24.4 Å². The molecule has 0 aliphatic carbocycles. The van der Waals surface area contributed by atoms with Crippen LogP contribution in [0.1, 0.15) is 32.7 Å². The van der Waals surface area contributed by atoms with Crippen molar-refractivity contribution in [3.63, 3.8) is 0 Å². The minimum Gasteiger partial charge on any atom is -0.744 e. The SMILES string of the molecule is Cc1ccc(S(=O)(=O)[O-])cc1.Cn1c(/C=C/c2ccc(/C=N/NC(=O)c3ccc(N)cc3)cc2)c[n+]2ccccc12. The van der Waals surface area contributed by atoms with E-state index in [9.17, 15) is 17.8 Å². The number of fused-ring (bicyclic) bond motifs is 1. The van der Waals surface area contributed by atoms with E-state index in [1.165, 1.54) is 12.1 Å². The fourth-order valence-corrected chi connectivity index (χ4v) is 4.27. The summed E-state index contributed by atoms with van der Waals surface area (Å²) in [4.78, 5) is 11.9. The van der Waals surface area contributed by atoms with Gasteiger partial charge in [0, 0.05) is 17.3 Å².